The minimum Gasteiger partial charge on any atom is -0.286 e. The zero-order valence-corrected chi connectivity index (χ0v) is 7.46. The highest BCUT2D eigenvalue weighted by Gasteiger charge is 2.10. The molecule has 14 heavy (non-hydrogen) atoms. The van der Waals surface area contributed by atoms with Gasteiger partial charge in [-0.2, -0.15) is 0 Å². The van der Waals surface area contributed by atoms with Crippen molar-refractivity contribution in [3.63, 3.8) is 0 Å². The summed E-state index contributed by atoms with van der Waals surface area (Å²) in [5.74, 6) is 0. The molecule has 0 radical (unpaired) electrons. The van der Waals surface area contributed by atoms with Crippen molar-refractivity contribution in [3.05, 3.63) is 41.7 Å². The van der Waals surface area contributed by atoms with Crippen LogP contribution in [-0.2, 0) is 6.54 Å². The first kappa shape index (κ1) is 7.44. The second-order valence-corrected chi connectivity index (χ2v) is 3.17. The van der Waals surface area contributed by atoms with Crippen molar-refractivity contribution >= 4 is 6.21 Å². The molecule has 1 aromatic heterocycles. The van der Waals surface area contributed by atoms with E-state index >= 15 is 0 Å². The van der Waals surface area contributed by atoms with Crippen LogP contribution in [0.2, 0.25) is 0 Å². The van der Waals surface area contributed by atoms with E-state index in [4.69, 9.17) is 0 Å². The fourth-order valence-electron chi connectivity index (χ4n) is 1.61. The summed E-state index contributed by atoms with van der Waals surface area (Å²) in [6.07, 6.45) is 3.52. The second-order valence-electron chi connectivity index (χ2n) is 3.17. The second kappa shape index (κ2) is 2.77. The minimum atomic E-state index is 0.708. The Kier molecular flexibility index (Phi) is 1.47. The highest BCUT2D eigenvalue weighted by atomic mass is 15.4. The van der Waals surface area contributed by atoms with Gasteiger partial charge < -0.3 is 0 Å². The zero-order valence-electron chi connectivity index (χ0n) is 7.46. The van der Waals surface area contributed by atoms with E-state index in [9.17, 15) is 0 Å². The largest absolute Gasteiger partial charge is 0.286 e. The monoisotopic (exact) mass is 184 g/mol. The molecular formula is C10H8N4. The molecule has 0 spiro atoms. The van der Waals surface area contributed by atoms with Gasteiger partial charge in [-0.15, -0.1) is 5.10 Å². The van der Waals surface area contributed by atoms with Crippen LogP contribution in [0.1, 0.15) is 11.3 Å². The molecule has 0 amide bonds. The van der Waals surface area contributed by atoms with Gasteiger partial charge in [0.2, 0.25) is 0 Å². The summed E-state index contributed by atoms with van der Waals surface area (Å²) in [7, 11) is 0. The molecule has 2 heterocycles. The molecule has 3 rings (SSSR count). The number of rotatable bonds is 0. The first-order chi connectivity index (χ1) is 6.95. The Balaban J connectivity index is 2.33. The van der Waals surface area contributed by atoms with Crippen LogP contribution in [0, 0.1) is 0 Å². The fraction of sp³-hybridized carbons (Fsp3) is 0.100. The Morgan fingerprint density at radius 2 is 2.14 bits per heavy atom. The number of nitrogens with zero attached hydrogens (tertiary/aromatic N) is 4. The lowest BCUT2D eigenvalue weighted by molar-refractivity contribution is 0.794. The Morgan fingerprint density at radius 3 is 3.14 bits per heavy atom. The topological polar surface area (TPSA) is 43.1 Å². The maximum Gasteiger partial charge on any atom is 0.105 e. The third-order valence-electron chi connectivity index (χ3n) is 2.28. The summed E-state index contributed by atoms with van der Waals surface area (Å²) in [6, 6.07) is 8.09. The van der Waals surface area contributed by atoms with E-state index < -0.39 is 0 Å². The predicted molar refractivity (Wildman–Crippen MR) is 52.7 cm³/mol. The standard InChI is InChI=1S/C10H8N4/c1-2-4-10-8(3-1)5-11-6-9-7-12-13-14(9)10/h1-4,6-7H,5H2. The molecule has 1 aromatic carbocycles. The van der Waals surface area contributed by atoms with Crippen molar-refractivity contribution in [2.45, 2.75) is 6.54 Å². The number of hydrogen-bond donors (Lipinski definition) is 0. The van der Waals surface area contributed by atoms with Crippen LogP contribution in [0.15, 0.2) is 35.5 Å². The predicted octanol–water partition coefficient (Wildman–Crippen LogP) is 1.20. The SMILES string of the molecule is C1=NCc2ccccc2-n2nncc21. The van der Waals surface area contributed by atoms with E-state index in [0.29, 0.717) is 6.54 Å². The number of fused-ring (bicyclic) bond motifs is 3. The zero-order chi connectivity index (χ0) is 9.38. The van der Waals surface area contributed by atoms with E-state index in [-0.39, 0.29) is 0 Å². The Labute approximate surface area is 80.9 Å². The van der Waals surface area contributed by atoms with Crippen molar-refractivity contribution < 1.29 is 0 Å². The molecule has 2 aromatic rings. The van der Waals surface area contributed by atoms with Gasteiger partial charge in [0, 0.05) is 6.21 Å². The van der Waals surface area contributed by atoms with Crippen molar-refractivity contribution in [2.24, 2.45) is 4.99 Å². The van der Waals surface area contributed by atoms with Crippen LogP contribution >= 0.6 is 0 Å². The molecule has 4 nitrogen and oxygen atoms in total. The maximum absolute atomic E-state index is 4.30. The van der Waals surface area contributed by atoms with Crippen LogP contribution in [0.5, 0.6) is 0 Å². The van der Waals surface area contributed by atoms with Gasteiger partial charge in [0.05, 0.1) is 18.4 Å². The minimum absolute atomic E-state index is 0.708. The van der Waals surface area contributed by atoms with Crippen molar-refractivity contribution in [3.8, 4) is 5.69 Å². The summed E-state index contributed by atoms with van der Waals surface area (Å²) in [4.78, 5) is 4.30. The molecule has 68 valence electrons. The average Bonchev–Trinajstić information content (AvgIpc) is 2.61. The van der Waals surface area contributed by atoms with Gasteiger partial charge >= 0.3 is 0 Å². The highest BCUT2D eigenvalue weighted by molar-refractivity contribution is 5.78. The van der Waals surface area contributed by atoms with Gasteiger partial charge in [-0.05, 0) is 11.6 Å². The van der Waals surface area contributed by atoms with E-state index in [1.54, 1.807) is 12.4 Å². The number of aromatic nitrogens is 3. The number of para-hydroxylation sites is 1. The fourth-order valence-corrected chi connectivity index (χ4v) is 1.61. The molecule has 0 bridgehead atoms. The maximum atomic E-state index is 4.30. The van der Waals surface area contributed by atoms with Crippen LogP contribution in [0.3, 0.4) is 0 Å². The summed E-state index contributed by atoms with van der Waals surface area (Å²) in [5, 5.41) is 7.90. The lowest BCUT2D eigenvalue weighted by atomic mass is 10.2. The summed E-state index contributed by atoms with van der Waals surface area (Å²) in [5.41, 5.74) is 3.17. The summed E-state index contributed by atoms with van der Waals surface area (Å²) >= 11 is 0. The molecule has 0 aliphatic carbocycles. The quantitative estimate of drug-likeness (QED) is 0.617. The van der Waals surface area contributed by atoms with Crippen molar-refractivity contribution in [2.75, 3.05) is 0 Å². The first-order valence-corrected chi connectivity index (χ1v) is 4.44. The number of hydrogen-bond acceptors (Lipinski definition) is 3. The molecule has 1 aliphatic rings. The Bertz CT molecular complexity index is 498. The van der Waals surface area contributed by atoms with Gasteiger partial charge in [-0.25, -0.2) is 4.68 Å². The summed E-state index contributed by atoms with van der Waals surface area (Å²) in [6.45, 7) is 0.708. The Hall–Kier alpha value is -1.97. The van der Waals surface area contributed by atoms with Gasteiger partial charge in [0.15, 0.2) is 0 Å². The lowest BCUT2D eigenvalue weighted by Crippen LogP contribution is -2.02. The highest BCUT2D eigenvalue weighted by Crippen LogP contribution is 2.17. The number of benzene rings is 1. The smallest absolute Gasteiger partial charge is 0.105 e. The third-order valence-corrected chi connectivity index (χ3v) is 2.28. The molecule has 0 saturated carbocycles. The van der Waals surface area contributed by atoms with E-state index in [0.717, 1.165) is 11.4 Å². The van der Waals surface area contributed by atoms with Crippen LogP contribution in [0.25, 0.3) is 5.69 Å². The van der Waals surface area contributed by atoms with E-state index in [1.807, 2.05) is 22.9 Å². The number of aliphatic imine (C=N–C) groups is 1. The van der Waals surface area contributed by atoms with Crippen LogP contribution in [-0.4, -0.2) is 21.2 Å². The lowest BCUT2D eigenvalue weighted by Gasteiger charge is -2.04. The van der Waals surface area contributed by atoms with Crippen molar-refractivity contribution in [1.29, 1.82) is 0 Å². The first-order valence-electron chi connectivity index (χ1n) is 4.44. The van der Waals surface area contributed by atoms with E-state index in [2.05, 4.69) is 21.4 Å². The van der Waals surface area contributed by atoms with Gasteiger partial charge in [0.1, 0.15) is 5.69 Å². The molecular weight excluding hydrogens is 176 g/mol. The van der Waals surface area contributed by atoms with E-state index in [1.165, 1.54) is 5.56 Å². The average molecular weight is 184 g/mol. The van der Waals surface area contributed by atoms with Gasteiger partial charge in [-0.3, -0.25) is 4.99 Å². The molecule has 0 fully saturated rings. The molecule has 0 N–H and O–H groups in total. The molecule has 0 unspecified atom stereocenters. The van der Waals surface area contributed by atoms with Gasteiger partial charge in [0.25, 0.3) is 0 Å². The summed E-state index contributed by atoms with van der Waals surface area (Å²) < 4.78 is 1.81. The Morgan fingerprint density at radius 1 is 1.21 bits per heavy atom. The molecule has 1 aliphatic heterocycles. The van der Waals surface area contributed by atoms with Crippen molar-refractivity contribution in [1.82, 2.24) is 15.0 Å². The van der Waals surface area contributed by atoms with Crippen LogP contribution in [0.4, 0.5) is 0 Å². The molecule has 0 saturated heterocycles. The van der Waals surface area contributed by atoms with Gasteiger partial charge in [-0.1, -0.05) is 23.4 Å². The molecule has 0 atom stereocenters. The normalized spacial score (nSPS) is 13.1. The van der Waals surface area contributed by atoms with Crippen LogP contribution < -0.4 is 0 Å². The molecule has 4 heteroatoms. The third kappa shape index (κ3) is 0.970.